The van der Waals surface area contributed by atoms with Crippen LogP contribution in [0.1, 0.15) is 19.0 Å². The van der Waals surface area contributed by atoms with Crippen molar-refractivity contribution in [3.05, 3.63) is 41.6 Å². The van der Waals surface area contributed by atoms with Crippen LogP contribution >= 0.6 is 0 Å². The summed E-state index contributed by atoms with van der Waals surface area (Å²) >= 11 is 0. The van der Waals surface area contributed by atoms with Crippen LogP contribution in [0.2, 0.25) is 0 Å². The van der Waals surface area contributed by atoms with Crippen molar-refractivity contribution in [2.45, 2.75) is 13.3 Å². The van der Waals surface area contributed by atoms with Gasteiger partial charge in [-0.1, -0.05) is 30.3 Å². The third-order valence-corrected chi connectivity index (χ3v) is 3.22. The number of nitrogens with zero attached hydrogens (tertiary/aromatic N) is 3. The Morgan fingerprint density at radius 2 is 2.17 bits per heavy atom. The molecule has 2 aromatic rings. The van der Waals surface area contributed by atoms with Gasteiger partial charge in [-0.25, -0.2) is 0 Å². The third kappa shape index (κ3) is 4.76. The van der Waals surface area contributed by atoms with Gasteiger partial charge in [0.15, 0.2) is 0 Å². The summed E-state index contributed by atoms with van der Waals surface area (Å²) in [5.74, 6) is -0.434. The molecule has 124 valence electrons. The Morgan fingerprint density at radius 1 is 1.38 bits per heavy atom. The molecule has 0 aliphatic heterocycles. The first-order valence-electron chi connectivity index (χ1n) is 7.70. The predicted octanol–water partition coefficient (Wildman–Crippen LogP) is 1.92. The summed E-state index contributed by atoms with van der Waals surface area (Å²) in [4.78, 5) is 12.1. The first-order chi connectivity index (χ1) is 11.8. The van der Waals surface area contributed by atoms with E-state index in [0.717, 1.165) is 5.56 Å². The summed E-state index contributed by atoms with van der Waals surface area (Å²) in [5.41, 5.74) is 1.87. The Kier molecular flexibility index (Phi) is 6.68. The maximum absolute atomic E-state index is 12.1. The minimum Gasteiger partial charge on any atom is -0.382 e. The lowest BCUT2D eigenvalue weighted by Gasteiger charge is -2.04. The standard InChI is InChI=1S/C17H19N5O2/c1-2-24-10-6-9-19-17(23)14(12-18)11-15-16(21-22-20-15)13-7-4-3-5-8-13/h3-5,7-8,11H,2,6,9-10H2,1H3,(H,19,23)(H,20,21,22). The minimum atomic E-state index is -0.434. The first-order valence-corrected chi connectivity index (χ1v) is 7.70. The molecule has 0 atom stereocenters. The fourth-order valence-corrected chi connectivity index (χ4v) is 2.05. The van der Waals surface area contributed by atoms with Gasteiger partial charge in [-0.05, 0) is 19.4 Å². The molecule has 0 bridgehead atoms. The van der Waals surface area contributed by atoms with Crippen molar-refractivity contribution < 1.29 is 9.53 Å². The number of rotatable bonds is 8. The molecule has 1 aromatic heterocycles. The number of aromatic amines is 1. The number of carbonyl (C=O) groups excluding carboxylic acids is 1. The van der Waals surface area contributed by atoms with Crippen LogP contribution in [0.25, 0.3) is 17.3 Å². The number of aromatic nitrogens is 3. The third-order valence-electron chi connectivity index (χ3n) is 3.22. The number of hydrogen-bond acceptors (Lipinski definition) is 5. The quantitative estimate of drug-likeness (QED) is 0.438. The van der Waals surface area contributed by atoms with Crippen LogP contribution in [0.3, 0.4) is 0 Å². The zero-order valence-electron chi connectivity index (χ0n) is 13.5. The summed E-state index contributed by atoms with van der Waals surface area (Å²) in [6, 6.07) is 11.3. The molecule has 2 rings (SSSR count). The Labute approximate surface area is 140 Å². The second kappa shape index (κ2) is 9.22. The van der Waals surface area contributed by atoms with Crippen molar-refractivity contribution in [2.75, 3.05) is 19.8 Å². The number of nitrogens with one attached hydrogen (secondary N) is 2. The van der Waals surface area contributed by atoms with E-state index in [1.54, 1.807) is 0 Å². The predicted molar refractivity (Wildman–Crippen MR) is 89.5 cm³/mol. The van der Waals surface area contributed by atoms with Crippen molar-refractivity contribution in [2.24, 2.45) is 0 Å². The molecule has 0 fully saturated rings. The smallest absolute Gasteiger partial charge is 0.262 e. The van der Waals surface area contributed by atoms with E-state index >= 15 is 0 Å². The Hall–Kier alpha value is -2.98. The Balaban J connectivity index is 2.07. The minimum absolute atomic E-state index is 0.0162. The topological polar surface area (TPSA) is 104 Å². The zero-order chi connectivity index (χ0) is 17.2. The molecule has 1 aromatic carbocycles. The monoisotopic (exact) mass is 325 g/mol. The lowest BCUT2D eigenvalue weighted by molar-refractivity contribution is -0.117. The fraction of sp³-hybridized carbons (Fsp3) is 0.294. The van der Waals surface area contributed by atoms with Crippen molar-refractivity contribution in [1.82, 2.24) is 20.7 Å². The second-order valence-corrected chi connectivity index (χ2v) is 4.90. The molecule has 0 aliphatic carbocycles. The van der Waals surface area contributed by atoms with Crippen molar-refractivity contribution in [3.63, 3.8) is 0 Å². The van der Waals surface area contributed by atoms with Crippen molar-refractivity contribution >= 4 is 12.0 Å². The molecule has 2 N–H and O–H groups in total. The van der Waals surface area contributed by atoms with Crippen LogP contribution in [-0.2, 0) is 9.53 Å². The van der Waals surface area contributed by atoms with Crippen molar-refractivity contribution in [1.29, 1.82) is 5.26 Å². The molecule has 0 unspecified atom stereocenters. The van der Waals surface area contributed by atoms with E-state index in [2.05, 4.69) is 20.7 Å². The molecule has 24 heavy (non-hydrogen) atoms. The molecule has 7 heteroatoms. The zero-order valence-corrected chi connectivity index (χ0v) is 13.5. The number of H-pyrrole nitrogens is 1. The van der Waals surface area contributed by atoms with Crippen LogP contribution < -0.4 is 5.32 Å². The highest BCUT2D eigenvalue weighted by atomic mass is 16.5. The maximum Gasteiger partial charge on any atom is 0.262 e. The van der Waals surface area contributed by atoms with Gasteiger partial charge in [0.2, 0.25) is 0 Å². The molecule has 0 spiro atoms. The summed E-state index contributed by atoms with van der Waals surface area (Å²) in [7, 11) is 0. The van der Waals surface area contributed by atoms with E-state index in [-0.39, 0.29) is 5.57 Å². The lowest BCUT2D eigenvalue weighted by atomic mass is 10.1. The van der Waals surface area contributed by atoms with E-state index in [0.29, 0.717) is 37.6 Å². The molecule has 0 saturated carbocycles. The van der Waals surface area contributed by atoms with Gasteiger partial charge in [0.05, 0.1) is 0 Å². The number of hydrogen-bond donors (Lipinski definition) is 2. The molecule has 0 saturated heterocycles. The van der Waals surface area contributed by atoms with Crippen LogP contribution in [0.5, 0.6) is 0 Å². The van der Waals surface area contributed by atoms with Gasteiger partial charge in [-0.2, -0.15) is 20.7 Å². The van der Waals surface area contributed by atoms with E-state index in [1.807, 2.05) is 43.3 Å². The average molecular weight is 325 g/mol. The maximum atomic E-state index is 12.1. The van der Waals surface area contributed by atoms with E-state index in [4.69, 9.17) is 4.74 Å². The number of carbonyl (C=O) groups is 1. The first kappa shape index (κ1) is 17.4. The highest BCUT2D eigenvalue weighted by Crippen LogP contribution is 2.20. The number of amides is 1. The summed E-state index contributed by atoms with van der Waals surface area (Å²) in [6.07, 6.45) is 2.13. The van der Waals surface area contributed by atoms with Gasteiger partial charge in [-0.3, -0.25) is 4.79 Å². The van der Waals surface area contributed by atoms with Crippen LogP contribution in [-0.4, -0.2) is 41.1 Å². The van der Waals surface area contributed by atoms with Gasteiger partial charge >= 0.3 is 0 Å². The fourth-order valence-electron chi connectivity index (χ4n) is 2.05. The normalized spacial score (nSPS) is 11.1. The Morgan fingerprint density at radius 3 is 2.88 bits per heavy atom. The molecule has 0 radical (unpaired) electrons. The number of ether oxygens (including phenoxy) is 1. The van der Waals surface area contributed by atoms with Gasteiger partial charge < -0.3 is 10.1 Å². The highest BCUT2D eigenvalue weighted by Gasteiger charge is 2.13. The van der Waals surface area contributed by atoms with E-state index in [9.17, 15) is 10.1 Å². The Bertz CT molecular complexity index is 731. The summed E-state index contributed by atoms with van der Waals surface area (Å²) in [6.45, 7) is 3.58. The van der Waals surface area contributed by atoms with E-state index < -0.39 is 5.91 Å². The lowest BCUT2D eigenvalue weighted by Crippen LogP contribution is -2.26. The summed E-state index contributed by atoms with van der Waals surface area (Å²) < 4.78 is 5.20. The van der Waals surface area contributed by atoms with Gasteiger partial charge in [0, 0.05) is 25.3 Å². The number of benzene rings is 1. The molecule has 1 heterocycles. The molecule has 7 nitrogen and oxygen atoms in total. The van der Waals surface area contributed by atoms with Crippen LogP contribution in [0.4, 0.5) is 0 Å². The van der Waals surface area contributed by atoms with Crippen LogP contribution in [0.15, 0.2) is 35.9 Å². The molecular weight excluding hydrogens is 306 g/mol. The molecular formula is C17H19N5O2. The molecule has 0 aliphatic rings. The molecule has 1 amide bonds. The second-order valence-electron chi connectivity index (χ2n) is 4.90. The van der Waals surface area contributed by atoms with Gasteiger partial charge in [0.1, 0.15) is 23.0 Å². The van der Waals surface area contributed by atoms with Gasteiger partial charge in [0.25, 0.3) is 5.91 Å². The van der Waals surface area contributed by atoms with Crippen LogP contribution in [0, 0.1) is 11.3 Å². The van der Waals surface area contributed by atoms with E-state index in [1.165, 1.54) is 6.08 Å². The highest BCUT2D eigenvalue weighted by molar-refractivity contribution is 6.02. The average Bonchev–Trinajstić information content (AvgIpc) is 3.08. The largest absolute Gasteiger partial charge is 0.382 e. The van der Waals surface area contributed by atoms with Crippen molar-refractivity contribution in [3.8, 4) is 17.3 Å². The number of nitriles is 1. The van der Waals surface area contributed by atoms with Gasteiger partial charge in [-0.15, -0.1) is 0 Å². The SMILES string of the molecule is CCOCCCNC(=O)C(C#N)=Cc1n[nH]nc1-c1ccccc1. The summed E-state index contributed by atoms with van der Waals surface area (Å²) in [5, 5.41) is 22.6.